The van der Waals surface area contributed by atoms with Crippen LogP contribution in [0.4, 0.5) is 5.69 Å². The molecule has 208 valence electrons. The number of nitrogens with one attached hydrogen (secondary N) is 1. The van der Waals surface area contributed by atoms with Crippen LogP contribution in [0, 0.1) is 0 Å². The van der Waals surface area contributed by atoms with Crippen molar-refractivity contribution < 1.29 is 18.0 Å². The molecule has 7 nitrogen and oxygen atoms in total. The van der Waals surface area contributed by atoms with E-state index in [0.29, 0.717) is 17.1 Å². The molecule has 0 aliphatic heterocycles. The number of hydrogen-bond acceptors (Lipinski definition) is 4. The Balaban J connectivity index is 2.04. The standard InChI is InChI=1S/C30H36ClN3O4S/c1-5-22(3)32-30(36)23(4)33(20-24-16-18-26(31)19-17-24)29(35)21-34(28-15-11-10-12-25(28)6-2)39(37,38)27-13-8-7-9-14-27/h7-19,22-23H,5-6,20-21H2,1-4H3,(H,32,36)/t22-,23+/m0/s1. The van der Waals surface area contributed by atoms with E-state index < -0.39 is 28.5 Å². The number of hydrogen-bond donors (Lipinski definition) is 1. The lowest BCUT2D eigenvalue weighted by atomic mass is 10.1. The number of carbonyl (C=O) groups is 2. The second-order valence-corrected chi connectivity index (χ2v) is 11.7. The van der Waals surface area contributed by atoms with Crippen molar-refractivity contribution in [1.29, 1.82) is 0 Å². The molecule has 2 atom stereocenters. The van der Waals surface area contributed by atoms with Gasteiger partial charge in [0.2, 0.25) is 11.8 Å². The van der Waals surface area contributed by atoms with Gasteiger partial charge in [-0.25, -0.2) is 8.42 Å². The highest BCUT2D eigenvalue weighted by Crippen LogP contribution is 2.28. The van der Waals surface area contributed by atoms with Gasteiger partial charge in [-0.2, -0.15) is 0 Å². The Morgan fingerprint density at radius 2 is 1.51 bits per heavy atom. The first-order valence-corrected chi connectivity index (χ1v) is 14.9. The van der Waals surface area contributed by atoms with Crippen LogP contribution in [0.15, 0.2) is 83.8 Å². The highest BCUT2D eigenvalue weighted by molar-refractivity contribution is 7.92. The maximum absolute atomic E-state index is 14.0. The second kappa shape index (κ2) is 13.6. The molecule has 1 N–H and O–H groups in total. The van der Waals surface area contributed by atoms with Crippen molar-refractivity contribution in [1.82, 2.24) is 10.2 Å². The first-order valence-electron chi connectivity index (χ1n) is 13.1. The minimum atomic E-state index is -4.09. The number of rotatable bonds is 12. The molecular weight excluding hydrogens is 534 g/mol. The lowest BCUT2D eigenvalue weighted by molar-refractivity contribution is -0.139. The van der Waals surface area contributed by atoms with Gasteiger partial charge < -0.3 is 10.2 Å². The molecule has 0 radical (unpaired) electrons. The van der Waals surface area contributed by atoms with Crippen molar-refractivity contribution >= 4 is 39.1 Å². The van der Waals surface area contributed by atoms with E-state index >= 15 is 0 Å². The SMILES string of the molecule is CCc1ccccc1N(CC(=O)N(Cc1ccc(Cl)cc1)[C@H](C)C(=O)N[C@@H](C)CC)S(=O)(=O)c1ccccc1. The zero-order chi connectivity index (χ0) is 28.6. The lowest BCUT2D eigenvalue weighted by Crippen LogP contribution is -2.52. The fourth-order valence-electron chi connectivity index (χ4n) is 4.12. The molecule has 0 saturated heterocycles. The number of nitrogens with zero attached hydrogens (tertiary/aromatic N) is 2. The van der Waals surface area contributed by atoms with E-state index in [9.17, 15) is 18.0 Å². The van der Waals surface area contributed by atoms with Crippen LogP contribution in [0.1, 0.15) is 45.2 Å². The summed E-state index contributed by atoms with van der Waals surface area (Å²) in [7, 11) is -4.09. The monoisotopic (exact) mass is 569 g/mol. The average molecular weight is 570 g/mol. The Hall–Kier alpha value is -3.36. The maximum atomic E-state index is 14.0. The van der Waals surface area contributed by atoms with Gasteiger partial charge in [-0.05, 0) is 68.1 Å². The molecule has 2 amide bonds. The molecule has 0 saturated carbocycles. The molecule has 39 heavy (non-hydrogen) atoms. The predicted octanol–water partition coefficient (Wildman–Crippen LogP) is 5.43. The van der Waals surface area contributed by atoms with E-state index in [1.54, 1.807) is 61.5 Å². The summed E-state index contributed by atoms with van der Waals surface area (Å²) in [5.74, 6) is -0.805. The number of sulfonamides is 1. The van der Waals surface area contributed by atoms with Crippen molar-refractivity contribution in [2.75, 3.05) is 10.8 Å². The summed E-state index contributed by atoms with van der Waals surface area (Å²) in [4.78, 5) is 28.6. The number of aryl methyl sites for hydroxylation is 1. The Kier molecular flexibility index (Phi) is 10.5. The van der Waals surface area contributed by atoms with Gasteiger partial charge >= 0.3 is 0 Å². The summed E-state index contributed by atoms with van der Waals surface area (Å²) >= 11 is 6.05. The van der Waals surface area contributed by atoms with Gasteiger partial charge in [0, 0.05) is 17.6 Å². The van der Waals surface area contributed by atoms with Crippen LogP contribution in [-0.4, -0.2) is 43.8 Å². The van der Waals surface area contributed by atoms with Gasteiger partial charge in [0.05, 0.1) is 10.6 Å². The van der Waals surface area contributed by atoms with Crippen molar-refractivity contribution in [3.63, 3.8) is 0 Å². The number of amides is 2. The molecule has 0 aliphatic rings. The zero-order valence-electron chi connectivity index (χ0n) is 22.8. The minimum Gasteiger partial charge on any atom is -0.352 e. The normalized spacial score (nSPS) is 12.8. The van der Waals surface area contributed by atoms with Crippen molar-refractivity contribution in [3.8, 4) is 0 Å². The van der Waals surface area contributed by atoms with Crippen LogP contribution in [0.3, 0.4) is 0 Å². The van der Waals surface area contributed by atoms with Crippen molar-refractivity contribution in [2.24, 2.45) is 0 Å². The van der Waals surface area contributed by atoms with Gasteiger partial charge in [-0.1, -0.05) is 74.0 Å². The van der Waals surface area contributed by atoms with Crippen molar-refractivity contribution in [3.05, 3.63) is 95.0 Å². The first-order chi connectivity index (χ1) is 18.6. The summed E-state index contributed by atoms with van der Waals surface area (Å²) in [6.45, 7) is 7.09. The second-order valence-electron chi connectivity index (χ2n) is 9.45. The van der Waals surface area contributed by atoms with Gasteiger partial charge in [-0.15, -0.1) is 0 Å². The third-order valence-electron chi connectivity index (χ3n) is 6.69. The molecule has 0 aliphatic carbocycles. The maximum Gasteiger partial charge on any atom is 0.264 e. The van der Waals surface area contributed by atoms with E-state index in [4.69, 9.17) is 11.6 Å². The average Bonchev–Trinajstić information content (AvgIpc) is 2.95. The van der Waals surface area contributed by atoms with Crippen LogP contribution in [0.2, 0.25) is 5.02 Å². The Morgan fingerprint density at radius 1 is 0.897 bits per heavy atom. The molecule has 3 rings (SSSR count). The number of anilines is 1. The molecule has 3 aromatic rings. The summed E-state index contributed by atoms with van der Waals surface area (Å²) in [6, 6.07) is 21.3. The largest absolute Gasteiger partial charge is 0.352 e. The smallest absolute Gasteiger partial charge is 0.264 e. The van der Waals surface area contributed by atoms with Crippen LogP contribution < -0.4 is 9.62 Å². The van der Waals surface area contributed by atoms with E-state index in [2.05, 4.69) is 5.32 Å². The van der Waals surface area contributed by atoms with E-state index in [0.717, 1.165) is 21.9 Å². The van der Waals surface area contributed by atoms with E-state index in [1.807, 2.05) is 32.9 Å². The van der Waals surface area contributed by atoms with Gasteiger partial charge in [0.1, 0.15) is 12.6 Å². The minimum absolute atomic E-state index is 0.0705. The van der Waals surface area contributed by atoms with E-state index in [-0.39, 0.29) is 23.4 Å². The van der Waals surface area contributed by atoms with Gasteiger partial charge in [0.25, 0.3) is 10.0 Å². The summed E-state index contributed by atoms with van der Waals surface area (Å²) in [6.07, 6.45) is 1.31. The fourth-order valence-corrected chi connectivity index (χ4v) is 5.72. The number of benzene rings is 3. The summed E-state index contributed by atoms with van der Waals surface area (Å²) in [5, 5.41) is 3.48. The summed E-state index contributed by atoms with van der Waals surface area (Å²) in [5.41, 5.74) is 1.99. The number of carbonyl (C=O) groups excluding carboxylic acids is 2. The fraction of sp³-hybridized carbons (Fsp3) is 0.333. The Labute approximate surface area is 236 Å². The molecule has 0 aromatic heterocycles. The van der Waals surface area contributed by atoms with Crippen LogP contribution >= 0.6 is 11.6 Å². The molecule has 0 fully saturated rings. The molecule has 0 spiro atoms. The quantitative estimate of drug-likeness (QED) is 0.315. The Bertz CT molecular complexity index is 1360. The molecular formula is C30H36ClN3O4S. The van der Waals surface area contributed by atoms with Crippen LogP contribution in [0.25, 0.3) is 0 Å². The first kappa shape index (κ1) is 30.2. The topological polar surface area (TPSA) is 86.8 Å². The zero-order valence-corrected chi connectivity index (χ0v) is 24.4. The van der Waals surface area contributed by atoms with Crippen LogP contribution in [0.5, 0.6) is 0 Å². The van der Waals surface area contributed by atoms with E-state index in [1.165, 1.54) is 17.0 Å². The van der Waals surface area contributed by atoms with Crippen molar-refractivity contribution in [2.45, 2.75) is 64.1 Å². The molecule has 9 heteroatoms. The van der Waals surface area contributed by atoms with Gasteiger partial charge in [0.15, 0.2) is 0 Å². The third kappa shape index (κ3) is 7.61. The highest BCUT2D eigenvalue weighted by Gasteiger charge is 2.33. The predicted molar refractivity (Wildman–Crippen MR) is 156 cm³/mol. The molecule has 0 bridgehead atoms. The lowest BCUT2D eigenvalue weighted by Gasteiger charge is -2.33. The number of para-hydroxylation sites is 1. The van der Waals surface area contributed by atoms with Crippen LogP contribution in [-0.2, 0) is 32.6 Å². The Morgan fingerprint density at radius 3 is 2.13 bits per heavy atom. The highest BCUT2D eigenvalue weighted by atomic mass is 35.5. The molecule has 0 heterocycles. The molecule has 0 unspecified atom stereocenters. The molecule has 3 aromatic carbocycles. The third-order valence-corrected chi connectivity index (χ3v) is 8.71. The van der Waals surface area contributed by atoms with Gasteiger partial charge in [-0.3, -0.25) is 13.9 Å². The summed E-state index contributed by atoms with van der Waals surface area (Å²) < 4.78 is 29.0. The number of halogens is 1.